The third-order valence-electron chi connectivity index (χ3n) is 2.03. The van der Waals surface area contributed by atoms with Gasteiger partial charge in [-0.2, -0.15) is 0 Å². The highest BCUT2D eigenvalue weighted by atomic mass is 28.2. The van der Waals surface area contributed by atoms with Crippen LogP contribution in [0.4, 0.5) is 0 Å². The molecule has 0 aromatic carbocycles. The van der Waals surface area contributed by atoms with Gasteiger partial charge in [0.25, 0.3) is 0 Å². The second-order valence-electron chi connectivity index (χ2n) is 3.23. The zero-order valence-electron chi connectivity index (χ0n) is 10.3. The van der Waals surface area contributed by atoms with Gasteiger partial charge in [0, 0.05) is 19.8 Å². The van der Waals surface area contributed by atoms with Crippen molar-refractivity contribution < 1.29 is 14.2 Å². The van der Waals surface area contributed by atoms with Gasteiger partial charge >= 0.3 is 0 Å². The van der Waals surface area contributed by atoms with Crippen molar-refractivity contribution in [1.82, 2.24) is 0 Å². The highest BCUT2D eigenvalue weighted by Gasteiger charge is 2.31. The fraction of sp³-hybridized carbons (Fsp3) is 1.00. The maximum Gasteiger partial charge on any atom is 0.249 e. The van der Waals surface area contributed by atoms with Crippen LogP contribution in [0.25, 0.3) is 0 Å². The molecule has 0 aliphatic carbocycles. The third-order valence-corrected chi connectivity index (χ3v) is 4.11. The second kappa shape index (κ2) is 9.29. The minimum atomic E-state index is -0.715. The van der Waals surface area contributed by atoms with Crippen LogP contribution in [0.1, 0.15) is 27.2 Å². The molecule has 0 unspecified atom stereocenters. The van der Waals surface area contributed by atoms with Crippen molar-refractivity contribution >= 4 is 9.52 Å². The van der Waals surface area contributed by atoms with Gasteiger partial charge in [0.15, 0.2) is 0 Å². The Morgan fingerprint density at radius 1 is 1.00 bits per heavy atom. The molecule has 0 fully saturated rings. The molecule has 0 amide bonds. The molecule has 0 heterocycles. The maximum absolute atomic E-state index is 5.63. The number of hydrogen-bond acceptors (Lipinski definition) is 4. The quantitative estimate of drug-likeness (QED) is 0.343. The van der Waals surface area contributed by atoms with E-state index in [1.165, 1.54) is 0 Å². The molecule has 0 aliphatic rings. The summed E-state index contributed by atoms with van der Waals surface area (Å²) in [6, 6.07) is 1.09. The Hall–Kier alpha value is 0.0569. The van der Waals surface area contributed by atoms with Crippen LogP contribution >= 0.6 is 0 Å². The monoisotopic (exact) mass is 235 g/mol. The molecule has 0 saturated carbocycles. The van der Waals surface area contributed by atoms with E-state index in [1.807, 2.05) is 20.8 Å². The van der Waals surface area contributed by atoms with E-state index in [0.717, 1.165) is 19.0 Å². The van der Waals surface area contributed by atoms with Gasteiger partial charge in [0.1, 0.15) is 9.52 Å². The first kappa shape index (κ1) is 15.1. The number of ether oxygens (including phenoxy) is 3. The molecule has 0 saturated heterocycles. The molecule has 0 spiro atoms. The molecule has 0 bridgehead atoms. The van der Waals surface area contributed by atoms with Gasteiger partial charge in [-0.3, -0.25) is 0 Å². The van der Waals surface area contributed by atoms with Crippen molar-refractivity contribution in [1.29, 1.82) is 0 Å². The molecular weight excluding hydrogens is 210 g/mol. The van der Waals surface area contributed by atoms with Crippen molar-refractivity contribution in [2.45, 2.75) is 38.8 Å². The van der Waals surface area contributed by atoms with Crippen LogP contribution in [0.3, 0.4) is 0 Å². The van der Waals surface area contributed by atoms with E-state index >= 15 is 0 Å². The number of hydrogen-bond donors (Lipinski definition) is 1. The average molecular weight is 235 g/mol. The Bertz CT molecular complexity index is 130. The Balaban J connectivity index is 4.18. The first-order valence-electron chi connectivity index (χ1n) is 5.86. The van der Waals surface area contributed by atoms with Crippen LogP contribution in [-0.4, -0.2) is 41.5 Å². The first-order valence-corrected chi connectivity index (χ1v) is 7.57. The average Bonchev–Trinajstić information content (AvgIpc) is 2.19. The summed E-state index contributed by atoms with van der Waals surface area (Å²) in [6.45, 7) is 8.48. The highest BCUT2D eigenvalue weighted by molar-refractivity contribution is 6.38. The second-order valence-corrected chi connectivity index (χ2v) is 5.30. The summed E-state index contributed by atoms with van der Waals surface area (Å²) in [5, 5.41) is 0. The van der Waals surface area contributed by atoms with Gasteiger partial charge in [0.05, 0.1) is 0 Å². The summed E-state index contributed by atoms with van der Waals surface area (Å²) in [5.41, 5.74) is 4.76. The molecule has 4 nitrogen and oxygen atoms in total. The molecule has 0 aromatic heterocycles. The molecule has 92 valence electrons. The Kier molecular flexibility index (Phi) is 9.33. The van der Waals surface area contributed by atoms with Gasteiger partial charge in [-0.1, -0.05) is 6.04 Å². The molecule has 2 N–H and O–H groups in total. The van der Waals surface area contributed by atoms with Crippen LogP contribution in [-0.2, 0) is 14.2 Å². The molecule has 0 aromatic rings. The van der Waals surface area contributed by atoms with Crippen LogP contribution < -0.4 is 5.73 Å². The van der Waals surface area contributed by atoms with E-state index in [2.05, 4.69) is 0 Å². The molecule has 0 rings (SSSR count). The Labute approximate surface area is 95.3 Å². The van der Waals surface area contributed by atoms with Crippen LogP contribution in [0.2, 0.25) is 6.04 Å². The lowest BCUT2D eigenvalue weighted by Gasteiger charge is -2.32. The van der Waals surface area contributed by atoms with Crippen LogP contribution in [0.5, 0.6) is 0 Å². The van der Waals surface area contributed by atoms with E-state index < -0.39 is 15.1 Å². The molecular formula is C10H25NO3Si. The van der Waals surface area contributed by atoms with E-state index in [-0.39, 0.29) is 0 Å². The standard InChI is InChI=1S/C10H25NO3Si/c1-4-12-10(13-5-2,14-6-3)15-9-7-8-11/h4-9,11,15H2,1-3H3. The normalized spacial score (nSPS) is 12.8. The van der Waals surface area contributed by atoms with Crippen molar-refractivity contribution in [2.24, 2.45) is 5.73 Å². The molecule has 0 aliphatic heterocycles. The molecule has 5 heteroatoms. The summed E-state index contributed by atoms with van der Waals surface area (Å²) in [5.74, 6) is 0. The van der Waals surface area contributed by atoms with E-state index in [1.54, 1.807) is 0 Å². The minimum Gasteiger partial charge on any atom is -0.332 e. The Morgan fingerprint density at radius 3 is 1.80 bits per heavy atom. The minimum absolute atomic E-state index is 0.572. The van der Waals surface area contributed by atoms with Gasteiger partial charge in [-0.15, -0.1) is 0 Å². The zero-order valence-corrected chi connectivity index (χ0v) is 11.7. The smallest absolute Gasteiger partial charge is 0.249 e. The topological polar surface area (TPSA) is 53.7 Å². The fourth-order valence-corrected chi connectivity index (χ4v) is 3.50. The van der Waals surface area contributed by atoms with Gasteiger partial charge in [-0.25, -0.2) is 0 Å². The molecule has 15 heavy (non-hydrogen) atoms. The summed E-state index contributed by atoms with van der Waals surface area (Å²) in [4.78, 5) is 0. The third kappa shape index (κ3) is 6.27. The SMILES string of the molecule is CCOC(OCC)(OCC)[SiH2]CCCN. The lowest BCUT2D eigenvalue weighted by molar-refractivity contribution is -0.323. The van der Waals surface area contributed by atoms with Gasteiger partial charge in [-0.05, 0) is 33.7 Å². The van der Waals surface area contributed by atoms with Gasteiger partial charge in [0.2, 0.25) is 5.60 Å². The summed E-state index contributed by atoms with van der Waals surface area (Å²) in [7, 11) is -0.572. The highest BCUT2D eigenvalue weighted by Crippen LogP contribution is 2.16. The molecule has 0 radical (unpaired) electrons. The predicted molar refractivity (Wildman–Crippen MR) is 64.6 cm³/mol. The molecule has 0 atom stereocenters. The Morgan fingerprint density at radius 2 is 1.47 bits per heavy atom. The van der Waals surface area contributed by atoms with E-state index in [9.17, 15) is 0 Å². The largest absolute Gasteiger partial charge is 0.332 e. The lowest BCUT2D eigenvalue weighted by atomic mass is 10.5. The first-order chi connectivity index (χ1) is 7.24. The van der Waals surface area contributed by atoms with E-state index in [4.69, 9.17) is 19.9 Å². The van der Waals surface area contributed by atoms with Crippen LogP contribution in [0, 0.1) is 0 Å². The number of nitrogens with two attached hydrogens (primary N) is 1. The lowest BCUT2D eigenvalue weighted by Crippen LogP contribution is -2.45. The van der Waals surface area contributed by atoms with Crippen molar-refractivity contribution in [3.8, 4) is 0 Å². The van der Waals surface area contributed by atoms with Gasteiger partial charge < -0.3 is 19.9 Å². The summed E-state index contributed by atoms with van der Waals surface area (Å²) in [6.07, 6.45) is 1.03. The zero-order chi connectivity index (χ0) is 11.6. The predicted octanol–water partition coefficient (Wildman–Crippen LogP) is 0.643. The number of rotatable bonds is 10. The van der Waals surface area contributed by atoms with Crippen molar-refractivity contribution in [2.75, 3.05) is 26.4 Å². The summed E-state index contributed by atoms with van der Waals surface area (Å²) >= 11 is 0. The summed E-state index contributed by atoms with van der Waals surface area (Å²) < 4.78 is 16.9. The fourth-order valence-electron chi connectivity index (χ4n) is 1.49. The van der Waals surface area contributed by atoms with Crippen molar-refractivity contribution in [3.63, 3.8) is 0 Å². The maximum atomic E-state index is 5.63. The van der Waals surface area contributed by atoms with Crippen molar-refractivity contribution in [3.05, 3.63) is 0 Å². The van der Waals surface area contributed by atoms with Crippen LogP contribution in [0.15, 0.2) is 0 Å². The van der Waals surface area contributed by atoms with E-state index in [0.29, 0.717) is 19.8 Å².